The van der Waals surface area contributed by atoms with E-state index >= 15 is 0 Å². The van der Waals surface area contributed by atoms with Crippen molar-refractivity contribution in [1.82, 2.24) is 25.0 Å². The van der Waals surface area contributed by atoms with Crippen LogP contribution in [0.15, 0.2) is 30.9 Å². The molecule has 0 bridgehead atoms. The molecule has 7 heteroatoms. The number of nitrogens with one attached hydrogen (secondary N) is 1. The van der Waals surface area contributed by atoms with Gasteiger partial charge in [0, 0.05) is 28.9 Å². The molecule has 0 aliphatic heterocycles. The summed E-state index contributed by atoms with van der Waals surface area (Å²) in [5, 5.41) is 31.7. The molecule has 0 amide bonds. The lowest BCUT2D eigenvalue weighted by Crippen LogP contribution is -2.46. The van der Waals surface area contributed by atoms with Gasteiger partial charge in [0.15, 0.2) is 5.65 Å². The molecular weight excluding hydrogens is 290 g/mol. The number of H-pyrrole nitrogens is 1. The van der Waals surface area contributed by atoms with Crippen LogP contribution in [0.25, 0.3) is 22.2 Å². The minimum absolute atomic E-state index is 0.00923. The van der Waals surface area contributed by atoms with Crippen LogP contribution >= 0.6 is 0 Å². The zero-order valence-corrected chi connectivity index (χ0v) is 12.3. The number of nitriles is 2. The highest BCUT2D eigenvalue weighted by Crippen LogP contribution is 2.46. The van der Waals surface area contributed by atoms with Gasteiger partial charge in [-0.05, 0) is 18.9 Å². The van der Waals surface area contributed by atoms with E-state index in [1.807, 2.05) is 23.1 Å². The maximum atomic E-state index is 9.13. The first-order valence-corrected chi connectivity index (χ1v) is 7.37. The molecule has 0 spiro atoms. The van der Waals surface area contributed by atoms with Gasteiger partial charge in [-0.15, -0.1) is 5.10 Å². The minimum Gasteiger partial charge on any atom is -0.345 e. The third-order valence-electron chi connectivity index (χ3n) is 4.58. The van der Waals surface area contributed by atoms with Gasteiger partial charge in [-0.2, -0.15) is 20.7 Å². The second-order valence-electron chi connectivity index (χ2n) is 5.97. The molecule has 23 heavy (non-hydrogen) atoms. The molecule has 0 unspecified atom stereocenters. The first kappa shape index (κ1) is 13.5. The second kappa shape index (κ2) is 4.92. The molecule has 1 saturated carbocycles. The largest absolute Gasteiger partial charge is 0.345 e. The van der Waals surface area contributed by atoms with Crippen LogP contribution in [0.5, 0.6) is 0 Å². The normalized spacial score (nSPS) is 23.1. The number of nitrogens with zero attached hydrogens (tertiary/aromatic N) is 6. The Hall–Kier alpha value is -3.19. The van der Waals surface area contributed by atoms with Gasteiger partial charge in [-0.25, -0.2) is 0 Å². The molecule has 0 atom stereocenters. The van der Waals surface area contributed by atoms with Gasteiger partial charge in [0.05, 0.1) is 42.4 Å². The van der Waals surface area contributed by atoms with E-state index < -0.39 is 0 Å². The molecule has 3 aromatic heterocycles. The molecule has 0 radical (unpaired) electrons. The molecular formula is C16H13N7. The fourth-order valence-electron chi connectivity index (χ4n) is 3.33. The maximum absolute atomic E-state index is 9.13. The van der Waals surface area contributed by atoms with E-state index in [1.165, 1.54) is 0 Å². The molecule has 1 fully saturated rings. The standard InChI is InChI=1S/C16H13N7/c17-3-2-16(5-11(6-16)7-18)23-10-12(8-21-23)14-9-20-22-15-13(14)1-4-19-15/h1,4,8-11H,2,5-6H2,(H,19,22). The van der Waals surface area contributed by atoms with E-state index in [0.29, 0.717) is 19.3 Å². The fourth-order valence-corrected chi connectivity index (χ4v) is 3.33. The Bertz CT molecular complexity index is 947. The highest BCUT2D eigenvalue weighted by atomic mass is 15.3. The molecule has 4 rings (SSSR count). The summed E-state index contributed by atoms with van der Waals surface area (Å²) in [7, 11) is 0. The van der Waals surface area contributed by atoms with Crippen molar-refractivity contribution in [3.05, 3.63) is 30.9 Å². The van der Waals surface area contributed by atoms with Crippen molar-refractivity contribution in [2.45, 2.75) is 24.8 Å². The zero-order valence-electron chi connectivity index (χ0n) is 12.3. The first-order chi connectivity index (χ1) is 11.3. The highest BCUT2D eigenvalue weighted by molar-refractivity contribution is 5.91. The van der Waals surface area contributed by atoms with Crippen LogP contribution in [-0.4, -0.2) is 25.0 Å². The van der Waals surface area contributed by atoms with Gasteiger partial charge >= 0.3 is 0 Å². The molecule has 1 aliphatic rings. The van der Waals surface area contributed by atoms with Crippen molar-refractivity contribution in [3.8, 4) is 23.3 Å². The quantitative estimate of drug-likeness (QED) is 0.799. The average molecular weight is 303 g/mol. The average Bonchev–Trinajstić information content (AvgIpc) is 3.18. The number of aromatic amines is 1. The molecule has 3 aromatic rings. The Labute approximate surface area is 132 Å². The summed E-state index contributed by atoms with van der Waals surface area (Å²) in [6.45, 7) is 0. The Morgan fingerprint density at radius 1 is 1.35 bits per heavy atom. The highest BCUT2D eigenvalue weighted by Gasteiger charge is 2.46. The van der Waals surface area contributed by atoms with Gasteiger partial charge in [0.2, 0.25) is 0 Å². The lowest BCUT2D eigenvalue weighted by atomic mass is 9.67. The predicted octanol–water partition coefficient (Wildman–Crippen LogP) is 2.36. The van der Waals surface area contributed by atoms with Crippen LogP contribution in [0.4, 0.5) is 0 Å². The smallest absolute Gasteiger partial charge is 0.160 e. The van der Waals surface area contributed by atoms with E-state index in [4.69, 9.17) is 10.5 Å². The topological polar surface area (TPSA) is 107 Å². The van der Waals surface area contributed by atoms with Crippen LogP contribution in [0.1, 0.15) is 19.3 Å². The third-order valence-corrected chi connectivity index (χ3v) is 4.58. The summed E-state index contributed by atoms with van der Waals surface area (Å²) in [6.07, 6.45) is 8.97. The van der Waals surface area contributed by atoms with Crippen LogP contribution in [0.2, 0.25) is 0 Å². The number of fused-ring (bicyclic) bond motifs is 1. The summed E-state index contributed by atoms with van der Waals surface area (Å²) >= 11 is 0. The van der Waals surface area contributed by atoms with E-state index in [0.717, 1.165) is 22.2 Å². The Balaban J connectivity index is 1.74. The SMILES string of the molecule is N#CCC1(n2cc(-c3cnnc4[nH]ccc34)cn2)CC(C#N)C1. The van der Waals surface area contributed by atoms with Crippen molar-refractivity contribution < 1.29 is 0 Å². The molecule has 3 heterocycles. The van der Waals surface area contributed by atoms with Crippen molar-refractivity contribution >= 4 is 11.0 Å². The molecule has 1 N–H and O–H groups in total. The van der Waals surface area contributed by atoms with E-state index in [9.17, 15) is 0 Å². The van der Waals surface area contributed by atoms with Crippen LogP contribution in [0.3, 0.4) is 0 Å². The molecule has 7 nitrogen and oxygen atoms in total. The van der Waals surface area contributed by atoms with Crippen molar-refractivity contribution in [1.29, 1.82) is 10.5 Å². The van der Waals surface area contributed by atoms with Crippen LogP contribution < -0.4 is 0 Å². The summed E-state index contributed by atoms with van der Waals surface area (Å²) in [4.78, 5) is 3.04. The fraction of sp³-hybridized carbons (Fsp3) is 0.312. The molecule has 1 aliphatic carbocycles. The van der Waals surface area contributed by atoms with E-state index in [2.05, 4.69) is 32.4 Å². The van der Waals surface area contributed by atoms with Gasteiger partial charge in [-0.3, -0.25) is 4.68 Å². The summed E-state index contributed by atoms with van der Waals surface area (Å²) in [5.74, 6) is 0.00923. The van der Waals surface area contributed by atoms with Gasteiger partial charge < -0.3 is 4.98 Å². The van der Waals surface area contributed by atoms with Gasteiger partial charge in [0.25, 0.3) is 0 Å². The Kier molecular flexibility index (Phi) is 2.88. The number of rotatable bonds is 3. The Morgan fingerprint density at radius 2 is 2.22 bits per heavy atom. The number of aromatic nitrogens is 5. The Morgan fingerprint density at radius 3 is 3.00 bits per heavy atom. The third kappa shape index (κ3) is 1.98. The summed E-state index contributed by atoms with van der Waals surface area (Å²) in [5.41, 5.74) is 2.26. The maximum Gasteiger partial charge on any atom is 0.160 e. The van der Waals surface area contributed by atoms with Crippen LogP contribution in [-0.2, 0) is 5.54 Å². The van der Waals surface area contributed by atoms with Crippen molar-refractivity contribution in [2.24, 2.45) is 5.92 Å². The number of hydrogen-bond acceptors (Lipinski definition) is 5. The molecule has 0 saturated heterocycles. The molecule has 112 valence electrons. The predicted molar refractivity (Wildman–Crippen MR) is 81.7 cm³/mol. The van der Waals surface area contributed by atoms with Gasteiger partial charge in [-0.1, -0.05) is 0 Å². The first-order valence-electron chi connectivity index (χ1n) is 7.37. The monoisotopic (exact) mass is 303 g/mol. The van der Waals surface area contributed by atoms with Gasteiger partial charge in [0.1, 0.15) is 0 Å². The second-order valence-corrected chi connectivity index (χ2v) is 5.97. The summed E-state index contributed by atoms with van der Waals surface area (Å²) in [6, 6.07) is 6.46. The number of hydrogen-bond donors (Lipinski definition) is 1. The van der Waals surface area contributed by atoms with Crippen LogP contribution in [0, 0.1) is 28.6 Å². The lowest BCUT2D eigenvalue weighted by molar-refractivity contribution is 0.0882. The van der Waals surface area contributed by atoms with E-state index in [1.54, 1.807) is 12.4 Å². The minimum atomic E-state index is -0.356. The van der Waals surface area contributed by atoms with Crippen molar-refractivity contribution in [3.63, 3.8) is 0 Å². The summed E-state index contributed by atoms with van der Waals surface area (Å²) < 4.78 is 1.85. The zero-order chi connectivity index (χ0) is 15.9. The van der Waals surface area contributed by atoms with Crippen molar-refractivity contribution in [2.75, 3.05) is 0 Å². The van der Waals surface area contributed by atoms with E-state index in [-0.39, 0.29) is 11.5 Å². The lowest BCUT2D eigenvalue weighted by Gasteiger charge is -2.43. The molecule has 0 aromatic carbocycles.